The van der Waals surface area contributed by atoms with Gasteiger partial charge in [-0.2, -0.15) is 0 Å². The Bertz CT molecular complexity index is 954. The van der Waals surface area contributed by atoms with Crippen molar-refractivity contribution in [2.24, 2.45) is 0 Å². The summed E-state index contributed by atoms with van der Waals surface area (Å²) in [7, 11) is -2.19. The fraction of sp³-hybridized carbons (Fsp3) is 0.409. The standard InChI is InChI=1S/C22H29N3O4S/c1-22(2,25-13-15-29-16-14-25)17-23-21(26)18-9-11-20(12-10-18)30(27,28)24(3)19-7-5-4-6-8-19/h4-12H,13-17H2,1-3H3,(H,23,26). The van der Waals surface area contributed by atoms with Gasteiger partial charge in [-0.15, -0.1) is 0 Å². The summed E-state index contributed by atoms with van der Waals surface area (Å²) in [6, 6.07) is 14.9. The molecule has 30 heavy (non-hydrogen) atoms. The molecular weight excluding hydrogens is 402 g/mol. The smallest absolute Gasteiger partial charge is 0.264 e. The molecule has 2 aromatic carbocycles. The molecule has 1 aliphatic heterocycles. The number of nitrogens with one attached hydrogen (secondary N) is 1. The average Bonchev–Trinajstić information content (AvgIpc) is 2.78. The molecule has 1 heterocycles. The molecule has 1 aliphatic rings. The van der Waals surface area contributed by atoms with E-state index in [-0.39, 0.29) is 16.3 Å². The van der Waals surface area contributed by atoms with Gasteiger partial charge in [0.05, 0.1) is 23.8 Å². The normalized spacial score (nSPS) is 15.6. The Hall–Kier alpha value is -2.42. The van der Waals surface area contributed by atoms with E-state index in [1.165, 1.54) is 23.5 Å². The van der Waals surface area contributed by atoms with E-state index in [1.807, 2.05) is 6.07 Å². The van der Waals surface area contributed by atoms with Crippen molar-refractivity contribution in [1.82, 2.24) is 10.2 Å². The number of hydrogen-bond acceptors (Lipinski definition) is 5. The first kappa shape index (κ1) is 22.3. The van der Waals surface area contributed by atoms with Gasteiger partial charge in [0.25, 0.3) is 15.9 Å². The van der Waals surface area contributed by atoms with Crippen LogP contribution in [0.25, 0.3) is 0 Å². The van der Waals surface area contributed by atoms with Crippen molar-refractivity contribution in [2.75, 3.05) is 44.2 Å². The van der Waals surface area contributed by atoms with Gasteiger partial charge in [0, 0.05) is 37.8 Å². The van der Waals surface area contributed by atoms with E-state index in [4.69, 9.17) is 4.74 Å². The van der Waals surface area contributed by atoms with Crippen molar-refractivity contribution in [3.05, 3.63) is 60.2 Å². The molecule has 0 radical (unpaired) electrons. The van der Waals surface area contributed by atoms with E-state index in [9.17, 15) is 13.2 Å². The van der Waals surface area contributed by atoms with Crippen LogP contribution in [0.4, 0.5) is 5.69 Å². The number of para-hydroxylation sites is 1. The number of morpholine rings is 1. The Labute approximate surface area is 178 Å². The lowest BCUT2D eigenvalue weighted by Gasteiger charge is -2.40. The molecule has 3 rings (SSSR count). The van der Waals surface area contributed by atoms with Gasteiger partial charge >= 0.3 is 0 Å². The number of sulfonamides is 1. The van der Waals surface area contributed by atoms with E-state index in [1.54, 1.807) is 36.4 Å². The number of hydrogen-bond donors (Lipinski definition) is 1. The highest BCUT2D eigenvalue weighted by molar-refractivity contribution is 7.92. The number of carbonyl (C=O) groups is 1. The van der Waals surface area contributed by atoms with Crippen molar-refractivity contribution in [3.63, 3.8) is 0 Å². The van der Waals surface area contributed by atoms with Crippen molar-refractivity contribution in [3.8, 4) is 0 Å². The van der Waals surface area contributed by atoms with Gasteiger partial charge in [-0.25, -0.2) is 8.42 Å². The second-order valence-corrected chi connectivity index (χ2v) is 9.90. The van der Waals surface area contributed by atoms with Crippen molar-refractivity contribution < 1.29 is 17.9 Å². The number of rotatable bonds is 7. The van der Waals surface area contributed by atoms with Crippen molar-refractivity contribution >= 4 is 21.6 Å². The van der Waals surface area contributed by atoms with Crippen LogP contribution in [0.15, 0.2) is 59.5 Å². The predicted molar refractivity (Wildman–Crippen MR) is 117 cm³/mol. The number of ether oxygens (including phenoxy) is 1. The van der Waals surface area contributed by atoms with Crippen LogP contribution in [0.3, 0.4) is 0 Å². The van der Waals surface area contributed by atoms with Gasteiger partial charge in [-0.05, 0) is 50.2 Å². The highest BCUT2D eigenvalue weighted by Gasteiger charge is 2.29. The molecule has 162 valence electrons. The molecule has 0 bridgehead atoms. The maximum Gasteiger partial charge on any atom is 0.264 e. The summed E-state index contributed by atoms with van der Waals surface area (Å²) in [6.45, 7) is 7.74. The molecule has 0 unspecified atom stereocenters. The first-order valence-electron chi connectivity index (χ1n) is 9.97. The predicted octanol–water partition coefficient (Wildman–Crippen LogP) is 2.35. The van der Waals surface area contributed by atoms with Crippen molar-refractivity contribution in [1.29, 1.82) is 0 Å². The number of carbonyl (C=O) groups excluding carboxylic acids is 1. The lowest BCUT2D eigenvalue weighted by Crippen LogP contribution is -2.55. The third-order valence-electron chi connectivity index (χ3n) is 5.44. The lowest BCUT2D eigenvalue weighted by molar-refractivity contribution is -0.00923. The number of benzene rings is 2. The van der Waals surface area contributed by atoms with Crippen LogP contribution in [0.1, 0.15) is 24.2 Å². The summed E-state index contributed by atoms with van der Waals surface area (Å²) < 4.78 is 32.3. The molecule has 1 N–H and O–H groups in total. The second-order valence-electron chi connectivity index (χ2n) is 7.93. The van der Waals surface area contributed by atoms with Crippen LogP contribution in [-0.2, 0) is 14.8 Å². The zero-order valence-electron chi connectivity index (χ0n) is 17.7. The molecule has 0 saturated carbocycles. The van der Waals surface area contributed by atoms with Gasteiger partial charge in [0.1, 0.15) is 0 Å². The van der Waals surface area contributed by atoms with Crippen LogP contribution in [0, 0.1) is 0 Å². The second kappa shape index (κ2) is 9.16. The van der Waals surface area contributed by atoms with E-state index in [0.717, 1.165) is 13.1 Å². The zero-order valence-corrected chi connectivity index (χ0v) is 18.5. The molecule has 1 fully saturated rings. The molecule has 2 aromatic rings. The Morgan fingerprint density at radius 1 is 1.07 bits per heavy atom. The molecule has 0 aliphatic carbocycles. The molecule has 0 aromatic heterocycles. The SMILES string of the molecule is CN(c1ccccc1)S(=O)(=O)c1ccc(C(=O)NCC(C)(C)N2CCOCC2)cc1. The maximum atomic E-state index is 12.9. The third kappa shape index (κ3) is 5.00. The highest BCUT2D eigenvalue weighted by atomic mass is 32.2. The number of anilines is 1. The Kier molecular flexibility index (Phi) is 6.80. The number of amides is 1. The summed E-state index contributed by atoms with van der Waals surface area (Å²) >= 11 is 0. The first-order valence-corrected chi connectivity index (χ1v) is 11.4. The topological polar surface area (TPSA) is 79.0 Å². The minimum atomic E-state index is -3.70. The summed E-state index contributed by atoms with van der Waals surface area (Å²) in [5.41, 5.74) is 0.806. The molecule has 8 heteroatoms. The highest BCUT2D eigenvalue weighted by Crippen LogP contribution is 2.22. The molecule has 0 spiro atoms. The Morgan fingerprint density at radius 3 is 2.27 bits per heavy atom. The van der Waals surface area contributed by atoms with Crippen LogP contribution in [0.2, 0.25) is 0 Å². The molecule has 7 nitrogen and oxygen atoms in total. The Morgan fingerprint density at radius 2 is 1.67 bits per heavy atom. The van der Waals surface area contributed by atoms with Crippen LogP contribution in [-0.4, -0.2) is 64.7 Å². The van der Waals surface area contributed by atoms with Gasteiger partial charge < -0.3 is 10.1 Å². The van der Waals surface area contributed by atoms with Gasteiger partial charge in [-0.3, -0.25) is 14.0 Å². The fourth-order valence-electron chi connectivity index (χ4n) is 3.39. The van der Waals surface area contributed by atoms with Gasteiger partial charge in [0.2, 0.25) is 0 Å². The summed E-state index contributed by atoms with van der Waals surface area (Å²) in [5.74, 6) is -0.225. The van der Waals surface area contributed by atoms with E-state index in [2.05, 4.69) is 24.1 Å². The van der Waals surface area contributed by atoms with Crippen LogP contribution >= 0.6 is 0 Å². The van der Waals surface area contributed by atoms with E-state index >= 15 is 0 Å². The fourth-order valence-corrected chi connectivity index (χ4v) is 4.59. The summed E-state index contributed by atoms with van der Waals surface area (Å²) in [4.78, 5) is 15.0. The van der Waals surface area contributed by atoms with Crippen molar-refractivity contribution in [2.45, 2.75) is 24.3 Å². The van der Waals surface area contributed by atoms with Gasteiger partial charge in [0.15, 0.2) is 0 Å². The first-order chi connectivity index (χ1) is 14.2. The zero-order chi connectivity index (χ0) is 21.8. The van der Waals surface area contributed by atoms with E-state index in [0.29, 0.717) is 31.0 Å². The Balaban J connectivity index is 1.65. The number of nitrogens with zero attached hydrogens (tertiary/aromatic N) is 2. The van der Waals surface area contributed by atoms with Gasteiger partial charge in [-0.1, -0.05) is 18.2 Å². The maximum absolute atomic E-state index is 12.9. The van der Waals surface area contributed by atoms with Crippen LogP contribution in [0.5, 0.6) is 0 Å². The molecule has 1 saturated heterocycles. The van der Waals surface area contributed by atoms with Crippen LogP contribution < -0.4 is 9.62 Å². The average molecular weight is 432 g/mol. The molecule has 1 amide bonds. The minimum absolute atomic E-state index is 0.138. The monoisotopic (exact) mass is 431 g/mol. The summed E-state index contributed by atoms with van der Waals surface area (Å²) in [6.07, 6.45) is 0. The largest absolute Gasteiger partial charge is 0.379 e. The van der Waals surface area contributed by atoms with E-state index < -0.39 is 10.0 Å². The molecular formula is C22H29N3O4S. The molecule has 0 atom stereocenters. The quantitative estimate of drug-likeness (QED) is 0.728. The minimum Gasteiger partial charge on any atom is -0.379 e. The lowest BCUT2D eigenvalue weighted by atomic mass is 10.0. The summed E-state index contributed by atoms with van der Waals surface area (Å²) in [5, 5.41) is 2.96. The third-order valence-corrected chi connectivity index (χ3v) is 7.24.